The zero-order chi connectivity index (χ0) is 74.7. The van der Waals surface area contributed by atoms with Gasteiger partial charge in [0.05, 0.1) is 13.1 Å². The Morgan fingerprint density at radius 3 is 0.861 bits per heavy atom. The summed E-state index contributed by atoms with van der Waals surface area (Å²) in [6.07, 6.45) is 15.5. The summed E-state index contributed by atoms with van der Waals surface area (Å²) < 4.78 is 71.2. The van der Waals surface area contributed by atoms with E-state index in [-0.39, 0.29) is 5.91 Å². The van der Waals surface area contributed by atoms with E-state index in [1.54, 1.807) is 4.90 Å². The molecule has 0 unspecified atom stereocenters. The van der Waals surface area contributed by atoms with Crippen molar-refractivity contribution in [1.29, 1.82) is 0 Å². The fourth-order valence-electron chi connectivity index (χ4n) is 11.9. The molecule has 3 N–H and O–H groups in total. The molecular formula is C72H122N4O25. The first-order valence-corrected chi connectivity index (χ1v) is 37.1. The van der Waals surface area contributed by atoms with Crippen LogP contribution < -0.4 is 16.0 Å². The van der Waals surface area contributed by atoms with E-state index in [0.717, 1.165) is 120 Å². The normalized spacial score (nSPS) is 20.0. The van der Waals surface area contributed by atoms with Crippen LogP contribution in [-0.4, -0.2) is 190 Å². The van der Waals surface area contributed by atoms with Gasteiger partial charge in [-0.15, -0.1) is 0 Å². The Kier molecular flexibility index (Phi) is 48.7. The number of carbonyl (C=O) groups excluding carboxylic acids is 12. The minimum atomic E-state index is -1.99. The van der Waals surface area contributed by atoms with Crippen molar-refractivity contribution < 1.29 is 119 Å². The number of rotatable bonds is 53. The van der Waals surface area contributed by atoms with E-state index >= 15 is 0 Å². The molecule has 0 aromatic heterocycles. The van der Waals surface area contributed by atoms with Crippen molar-refractivity contribution in [3.05, 3.63) is 0 Å². The molecule has 0 spiro atoms. The summed E-state index contributed by atoms with van der Waals surface area (Å²) in [5, 5.41) is 7.17. The van der Waals surface area contributed by atoms with Gasteiger partial charge in [-0.2, -0.15) is 0 Å². The van der Waals surface area contributed by atoms with E-state index in [1.165, 1.54) is 141 Å². The Balaban J connectivity index is 2.37. The smallest absolute Gasteiger partial charge is 0.409 e. The van der Waals surface area contributed by atoms with Crippen LogP contribution in [0.5, 0.6) is 0 Å². The van der Waals surface area contributed by atoms with Crippen molar-refractivity contribution in [2.24, 2.45) is 0 Å². The van der Waals surface area contributed by atoms with Crippen LogP contribution >= 0.6 is 0 Å². The summed E-state index contributed by atoms with van der Waals surface area (Å²) in [6, 6.07) is 0. The number of alkyl carbamates (subject to hydrolysis) is 3. The molecule has 0 radical (unpaired) electrons. The first kappa shape index (κ1) is 90.0. The zero-order valence-corrected chi connectivity index (χ0v) is 62.1. The third kappa shape index (κ3) is 42.9. The first-order chi connectivity index (χ1) is 48.3. The molecule has 2 saturated heterocycles. The summed E-state index contributed by atoms with van der Waals surface area (Å²) in [7, 11) is 0. The van der Waals surface area contributed by atoms with Crippen LogP contribution in [0, 0.1) is 0 Å². The second-order valence-corrected chi connectivity index (χ2v) is 26.1. The van der Waals surface area contributed by atoms with Crippen molar-refractivity contribution in [3.63, 3.8) is 0 Å². The molecule has 2 aliphatic heterocycles. The average Bonchev–Trinajstić information content (AvgIpc) is 0.794. The highest BCUT2D eigenvalue weighted by Gasteiger charge is 2.55. The third-order valence-corrected chi connectivity index (χ3v) is 16.9. The van der Waals surface area contributed by atoms with Crippen molar-refractivity contribution in [2.75, 3.05) is 45.9 Å². The first-order valence-electron chi connectivity index (χ1n) is 37.1. The quantitative estimate of drug-likeness (QED) is 0.0289. The molecule has 29 heteroatoms. The van der Waals surface area contributed by atoms with Gasteiger partial charge in [-0.3, -0.25) is 43.2 Å². The maximum Gasteiger partial charge on any atom is 0.409 e. The van der Waals surface area contributed by atoms with Crippen molar-refractivity contribution >= 4 is 71.9 Å². The largest absolute Gasteiger partial charge is 0.463 e. The van der Waals surface area contributed by atoms with Gasteiger partial charge in [-0.25, -0.2) is 14.4 Å². The molecule has 0 aromatic carbocycles. The van der Waals surface area contributed by atoms with Crippen molar-refractivity contribution in [3.8, 4) is 0 Å². The van der Waals surface area contributed by atoms with Gasteiger partial charge < -0.3 is 82.4 Å². The number of ether oxygens (including phenoxy) is 13. The fraction of sp³-hybridized carbons (Fsp3) is 0.833. The topological polar surface area (TPSA) is 364 Å². The lowest BCUT2D eigenvalue weighted by atomic mass is 9.98. The molecule has 580 valence electrons. The molecular weight excluding hydrogens is 1320 g/mol. The van der Waals surface area contributed by atoms with Gasteiger partial charge in [0.2, 0.25) is 30.7 Å². The monoisotopic (exact) mass is 1440 g/mol. The lowest BCUT2D eigenvalue weighted by Crippen LogP contribution is -2.63. The molecule has 10 atom stereocenters. The molecule has 0 aromatic rings. The standard InChI is InChI=1S/C72H122N4O25/c1-11-13-15-17-19-21-23-25-27-29-31-33-35-37-39-41-43-76(44-42-40-38-36-34-32-30-28-26-24-22-20-18-16-14-12-2)61(85)47-75-70(86)97-58(45-73-71(87)100-68-66(95-56(9)83)64(93-54(7)81)62(91-52(5)79)59(98-68)48-89-50(3)77)46-74-72(88)101-69-67(96-57(10)84)65(94-55(8)82)63(92-53(6)80)60(99-69)49-90-51(4)78/h58-60,62-69H,11-49H2,1-10H3,(H,73,87)(H,74,88)(H,75,86)/t59-,60-,62+,63+,64+,65+,66-,67-,68-,69-/m1/s1. The molecule has 0 saturated carbocycles. The lowest BCUT2D eigenvalue weighted by Gasteiger charge is -2.43. The Morgan fingerprint density at radius 2 is 0.584 bits per heavy atom. The molecule has 4 amide bonds. The van der Waals surface area contributed by atoms with E-state index in [2.05, 4.69) is 29.8 Å². The third-order valence-electron chi connectivity index (χ3n) is 16.9. The highest BCUT2D eigenvalue weighted by Crippen LogP contribution is 2.32. The summed E-state index contributed by atoms with van der Waals surface area (Å²) in [4.78, 5) is 156. The van der Waals surface area contributed by atoms with Crippen LogP contribution in [0.2, 0.25) is 0 Å². The molecule has 2 rings (SSSR count). The number of amides is 4. The van der Waals surface area contributed by atoms with Crippen LogP contribution in [-0.2, 0) is 105 Å². The van der Waals surface area contributed by atoms with Gasteiger partial charge >= 0.3 is 66.0 Å². The van der Waals surface area contributed by atoms with Gasteiger partial charge in [0.25, 0.3) is 0 Å². The van der Waals surface area contributed by atoms with Crippen molar-refractivity contribution in [1.82, 2.24) is 20.9 Å². The van der Waals surface area contributed by atoms with Gasteiger partial charge in [0.15, 0.2) is 24.4 Å². The predicted octanol–water partition coefficient (Wildman–Crippen LogP) is 11.1. The number of hydrogen-bond donors (Lipinski definition) is 3. The molecule has 101 heavy (non-hydrogen) atoms. The minimum absolute atomic E-state index is 0.376. The zero-order valence-electron chi connectivity index (χ0n) is 62.1. The molecule has 2 heterocycles. The Hall–Kier alpha value is -7.04. The van der Waals surface area contributed by atoms with Gasteiger partial charge in [-0.05, 0) is 12.8 Å². The van der Waals surface area contributed by atoms with Gasteiger partial charge in [-0.1, -0.05) is 206 Å². The van der Waals surface area contributed by atoms with Crippen LogP contribution in [0.3, 0.4) is 0 Å². The van der Waals surface area contributed by atoms with Crippen LogP contribution in [0.25, 0.3) is 0 Å². The van der Waals surface area contributed by atoms with Crippen LogP contribution in [0.1, 0.15) is 275 Å². The maximum atomic E-state index is 14.1. The summed E-state index contributed by atoms with van der Waals surface area (Å²) in [5.41, 5.74) is 0. The summed E-state index contributed by atoms with van der Waals surface area (Å²) in [5.74, 6) is -7.71. The second-order valence-electron chi connectivity index (χ2n) is 26.1. The second kappa shape index (κ2) is 54.6. The fourth-order valence-corrected chi connectivity index (χ4v) is 11.9. The molecule has 2 aliphatic rings. The van der Waals surface area contributed by atoms with E-state index < -0.39 is 166 Å². The number of nitrogens with one attached hydrogen (secondary N) is 3. The van der Waals surface area contributed by atoms with Gasteiger partial charge in [0, 0.05) is 68.5 Å². The minimum Gasteiger partial charge on any atom is -0.463 e. The number of hydrogen-bond acceptors (Lipinski definition) is 25. The van der Waals surface area contributed by atoms with E-state index in [4.69, 9.17) is 61.6 Å². The maximum absolute atomic E-state index is 14.1. The molecule has 0 bridgehead atoms. The van der Waals surface area contributed by atoms with Crippen molar-refractivity contribution in [2.45, 2.75) is 342 Å². The Morgan fingerprint density at radius 1 is 0.317 bits per heavy atom. The van der Waals surface area contributed by atoms with E-state index in [1.807, 2.05) is 0 Å². The highest BCUT2D eigenvalue weighted by atomic mass is 16.8. The number of carbonyl (C=O) groups is 12. The lowest BCUT2D eigenvalue weighted by molar-refractivity contribution is -0.294. The predicted molar refractivity (Wildman–Crippen MR) is 367 cm³/mol. The number of nitrogens with zero attached hydrogens (tertiary/aromatic N) is 1. The Labute approximate surface area is 597 Å². The number of unbranched alkanes of at least 4 members (excludes halogenated alkanes) is 30. The summed E-state index contributed by atoms with van der Waals surface area (Å²) >= 11 is 0. The average molecular weight is 1440 g/mol. The summed E-state index contributed by atoms with van der Waals surface area (Å²) in [6.45, 7) is 10.3. The van der Waals surface area contributed by atoms with Crippen LogP contribution in [0.4, 0.5) is 14.4 Å². The van der Waals surface area contributed by atoms with E-state index in [9.17, 15) is 57.5 Å². The molecule has 29 nitrogen and oxygen atoms in total. The SMILES string of the molecule is CCCCCCCCCCCCCCCCCCN(CCCCCCCCCCCCCCCCCC)C(=O)CNC(=O)OC(CNC(=O)O[C@H]1O[C@H](COC(C)=O)[C@H](OC(C)=O)[C@H](OC(C)=O)[C@H]1OC(C)=O)CNC(=O)O[C@H]1O[C@H](COC(C)=O)[C@H](OC(C)=O)[C@H](OC(C)=O)[C@H]1OC(C)=O. The number of esters is 8. The molecule has 0 aliphatic carbocycles. The van der Waals surface area contributed by atoms with E-state index in [0.29, 0.717) is 13.1 Å². The Bertz CT molecular complexity index is 2310. The molecule has 2 fully saturated rings. The highest BCUT2D eigenvalue weighted by molar-refractivity contribution is 5.82. The van der Waals surface area contributed by atoms with Crippen LogP contribution in [0.15, 0.2) is 0 Å². The van der Waals surface area contributed by atoms with Gasteiger partial charge in [0.1, 0.15) is 38.1 Å².